The molecule has 0 atom stereocenters. The van der Waals surface area contributed by atoms with Crippen molar-refractivity contribution in [1.29, 1.82) is 0 Å². The molecular weight excluding hydrogens is 448 g/mol. The van der Waals surface area contributed by atoms with Gasteiger partial charge in [-0.25, -0.2) is 0 Å². The fourth-order valence-electron chi connectivity index (χ4n) is 4.04. The Morgan fingerprint density at radius 3 is 1.89 bits per heavy atom. The Hall–Kier alpha value is -3.89. The van der Waals surface area contributed by atoms with E-state index >= 15 is 0 Å². The first-order valence-corrected chi connectivity index (χ1v) is 12.1. The highest BCUT2D eigenvalue weighted by Gasteiger charge is 2.14. The van der Waals surface area contributed by atoms with E-state index in [0.717, 1.165) is 23.4 Å². The molecule has 0 bridgehead atoms. The lowest BCUT2D eigenvalue weighted by molar-refractivity contribution is 0.415. The van der Waals surface area contributed by atoms with Gasteiger partial charge in [-0.1, -0.05) is 90.5 Å². The first-order valence-electron chi connectivity index (χ1n) is 11.7. The summed E-state index contributed by atoms with van der Waals surface area (Å²) in [5, 5.41) is 7.28. The minimum atomic E-state index is 0.618. The number of nitrogens with one attached hydrogen (secondary N) is 2. The number of hydrogen-bond acceptors (Lipinski definition) is 2. The van der Waals surface area contributed by atoms with Crippen LogP contribution in [-0.2, 0) is 0 Å². The van der Waals surface area contributed by atoms with Gasteiger partial charge in [0, 0.05) is 12.2 Å². The first-order chi connectivity index (χ1) is 17.1. The third-order valence-corrected chi connectivity index (χ3v) is 6.08. The van der Waals surface area contributed by atoms with Gasteiger partial charge in [-0.2, -0.15) is 0 Å². The topological polar surface area (TPSA) is 33.3 Å². The molecule has 0 spiro atoms. The molecule has 3 nitrogen and oxygen atoms in total. The number of rotatable bonds is 8. The van der Waals surface area contributed by atoms with E-state index < -0.39 is 0 Å². The lowest BCUT2D eigenvalue weighted by atomic mass is 9.88. The molecule has 35 heavy (non-hydrogen) atoms. The Balaban J connectivity index is 1.65. The van der Waals surface area contributed by atoms with Crippen LogP contribution in [0.2, 0.25) is 0 Å². The van der Waals surface area contributed by atoms with Crippen molar-refractivity contribution in [2.75, 3.05) is 19.0 Å². The second-order valence-electron chi connectivity index (χ2n) is 8.31. The van der Waals surface area contributed by atoms with E-state index in [-0.39, 0.29) is 0 Å². The van der Waals surface area contributed by atoms with Gasteiger partial charge in [0.1, 0.15) is 5.75 Å². The highest BCUT2D eigenvalue weighted by atomic mass is 32.1. The van der Waals surface area contributed by atoms with Gasteiger partial charge in [0.25, 0.3) is 0 Å². The number of benzene rings is 4. The fourth-order valence-corrected chi connectivity index (χ4v) is 4.26. The molecule has 0 radical (unpaired) electrons. The lowest BCUT2D eigenvalue weighted by Crippen LogP contribution is -2.29. The van der Waals surface area contributed by atoms with Crippen molar-refractivity contribution < 1.29 is 4.74 Å². The summed E-state index contributed by atoms with van der Waals surface area (Å²) in [6, 6.07) is 37.6. The normalized spacial score (nSPS) is 11.4. The van der Waals surface area contributed by atoms with Crippen molar-refractivity contribution in [3.8, 4) is 5.75 Å². The molecule has 0 aliphatic rings. The van der Waals surface area contributed by atoms with Gasteiger partial charge in [0.15, 0.2) is 5.11 Å². The molecular formula is C31H30N2OS. The van der Waals surface area contributed by atoms with Crippen molar-refractivity contribution in [1.82, 2.24) is 5.32 Å². The van der Waals surface area contributed by atoms with Crippen molar-refractivity contribution in [3.63, 3.8) is 0 Å². The lowest BCUT2D eigenvalue weighted by Gasteiger charge is -2.19. The second-order valence-corrected chi connectivity index (χ2v) is 8.72. The van der Waals surface area contributed by atoms with Gasteiger partial charge >= 0.3 is 0 Å². The Morgan fingerprint density at radius 1 is 0.714 bits per heavy atom. The maximum absolute atomic E-state index is 5.57. The third-order valence-electron chi connectivity index (χ3n) is 5.84. The standard InChI is InChI=1S/C31H30N2OS/c1-23-13-17-27(18-14-23)33-31(35)32-22-21-29(24-9-5-3-6-10-24)30(25-11-7-4-8-12-25)26-15-19-28(34-2)20-16-26/h3-20H,21-22H2,1-2H3,(H2,32,33,35)/b30-29-. The molecule has 0 amide bonds. The number of hydrogen-bond donors (Lipinski definition) is 2. The van der Waals surface area contributed by atoms with E-state index in [4.69, 9.17) is 17.0 Å². The summed E-state index contributed by atoms with van der Waals surface area (Å²) in [6.07, 6.45) is 0.802. The van der Waals surface area contributed by atoms with Gasteiger partial charge in [0.2, 0.25) is 0 Å². The molecule has 0 saturated heterocycles. The predicted molar refractivity (Wildman–Crippen MR) is 152 cm³/mol. The fraction of sp³-hybridized carbons (Fsp3) is 0.129. The Bertz CT molecular complexity index is 1270. The summed E-state index contributed by atoms with van der Waals surface area (Å²) >= 11 is 5.57. The zero-order chi connectivity index (χ0) is 24.5. The molecule has 0 aliphatic carbocycles. The zero-order valence-corrected chi connectivity index (χ0v) is 20.9. The van der Waals surface area contributed by atoms with Crippen LogP contribution < -0.4 is 15.4 Å². The molecule has 0 fully saturated rings. The highest BCUT2D eigenvalue weighted by Crippen LogP contribution is 2.35. The largest absolute Gasteiger partial charge is 0.497 e. The van der Waals surface area contributed by atoms with Gasteiger partial charge < -0.3 is 15.4 Å². The smallest absolute Gasteiger partial charge is 0.170 e. The number of ether oxygens (including phenoxy) is 1. The molecule has 0 aromatic heterocycles. The van der Waals surface area contributed by atoms with E-state index in [9.17, 15) is 0 Å². The van der Waals surface area contributed by atoms with Crippen LogP contribution in [-0.4, -0.2) is 18.8 Å². The van der Waals surface area contributed by atoms with Crippen molar-refractivity contribution >= 4 is 34.2 Å². The summed E-state index contributed by atoms with van der Waals surface area (Å²) in [7, 11) is 1.69. The molecule has 0 saturated carbocycles. The number of methoxy groups -OCH3 is 1. The van der Waals surface area contributed by atoms with Crippen LogP contribution in [0.25, 0.3) is 11.1 Å². The van der Waals surface area contributed by atoms with Crippen molar-refractivity contribution in [2.24, 2.45) is 0 Å². The maximum Gasteiger partial charge on any atom is 0.170 e. The summed E-state index contributed by atoms with van der Waals surface area (Å²) in [5.74, 6) is 0.844. The third kappa shape index (κ3) is 6.58. The van der Waals surface area contributed by atoms with Crippen LogP contribution in [0.15, 0.2) is 109 Å². The van der Waals surface area contributed by atoms with E-state index in [1.807, 2.05) is 30.3 Å². The van der Waals surface area contributed by atoms with Crippen LogP contribution in [0.1, 0.15) is 28.7 Å². The van der Waals surface area contributed by atoms with E-state index in [0.29, 0.717) is 11.7 Å². The van der Waals surface area contributed by atoms with Crippen LogP contribution in [0.4, 0.5) is 5.69 Å². The number of thiocarbonyl (C=S) groups is 1. The zero-order valence-electron chi connectivity index (χ0n) is 20.1. The Kier molecular flexibility index (Phi) is 8.31. The Labute approximate surface area is 213 Å². The molecule has 4 rings (SSSR count). The second kappa shape index (κ2) is 12.0. The molecule has 4 aromatic carbocycles. The van der Waals surface area contributed by atoms with Gasteiger partial charge in [0.05, 0.1) is 7.11 Å². The average molecular weight is 479 g/mol. The van der Waals surface area contributed by atoms with Gasteiger partial charge in [-0.15, -0.1) is 0 Å². The van der Waals surface area contributed by atoms with E-state index in [1.165, 1.54) is 27.8 Å². The molecule has 4 aromatic rings. The number of anilines is 1. The van der Waals surface area contributed by atoms with Gasteiger partial charge in [-0.3, -0.25) is 0 Å². The molecule has 0 aliphatic heterocycles. The van der Waals surface area contributed by atoms with Crippen LogP contribution >= 0.6 is 12.2 Å². The molecule has 4 heteroatoms. The molecule has 176 valence electrons. The molecule has 0 heterocycles. The SMILES string of the molecule is COc1ccc(/C(=C(/CCNC(=S)Nc2ccc(C)cc2)c2ccccc2)c2ccccc2)cc1. The summed E-state index contributed by atoms with van der Waals surface area (Å²) in [4.78, 5) is 0. The minimum absolute atomic E-state index is 0.618. The van der Waals surface area contributed by atoms with Crippen molar-refractivity contribution in [2.45, 2.75) is 13.3 Å². The predicted octanol–water partition coefficient (Wildman–Crippen LogP) is 7.34. The Morgan fingerprint density at radius 2 is 1.29 bits per heavy atom. The summed E-state index contributed by atoms with van der Waals surface area (Å²) < 4.78 is 5.40. The number of aryl methyl sites for hydroxylation is 1. The van der Waals surface area contributed by atoms with Crippen molar-refractivity contribution in [3.05, 3.63) is 131 Å². The summed E-state index contributed by atoms with van der Waals surface area (Å²) in [5.41, 5.74) is 8.19. The summed E-state index contributed by atoms with van der Waals surface area (Å²) in [6.45, 7) is 2.78. The van der Waals surface area contributed by atoms with E-state index in [1.54, 1.807) is 7.11 Å². The molecule has 0 unspecified atom stereocenters. The highest BCUT2D eigenvalue weighted by molar-refractivity contribution is 7.80. The van der Waals surface area contributed by atoms with Gasteiger partial charge in [-0.05, 0) is 77.7 Å². The van der Waals surface area contributed by atoms with Crippen LogP contribution in [0.3, 0.4) is 0 Å². The van der Waals surface area contributed by atoms with Crippen LogP contribution in [0, 0.1) is 6.92 Å². The van der Waals surface area contributed by atoms with E-state index in [2.05, 4.69) is 96.4 Å². The maximum atomic E-state index is 5.57. The molecule has 2 N–H and O–H groups in total. The quantitative estimate of drug-likeness (QED) is 0.205. The minimum Gasteiger partial charge on any atom is -0.497 e. The monoisotopic (exact) mass is 478 g/mol. The average Bonchev–Trinajstić information content (AvgIpc) is 2.91. The first kappa shape index (κ1) is 24.2. The van der Waals surface area contributed by atoms with Crippen LogP contribution in [0.5, 0.6) is 5.75 Å².